The van der Waals surface area contributed by atoms with Crippen LogP contribution in [0.3, 0.4) is 0 Å². The van der Waals surface area contributed by atoms with Crippen molar-refractivity contribution in [3.63, 3.8) is 0 Å². The number of imidazole rings is 1. The van der Waals surface area contributed by atoms with Crippen LogP contribution in [0.25, 0.3) is 11.2 Å². The van der Waals surface area contributed by atoms with Crippen LogP contribution in [0.4, 0.5) is 10.2 Å². The molecule has 3 rings (SSSR count). The smallest absolute Gasteiger partial charge is 0.348 e. The maximum absolute atomic E-state index is 12.7. The third kappa shape index (κ3) is 1.63. The molecule has 0 aliphatic heterocycles. The average molecular weight is 249 g/mol. The highest BCUT2D eigenvalue weighted by Gasteiger charge is 2.10. The number of fused-ring (bicyclic) bond motifs is 1. The molecule has 3 heterocycles. The summed E-state index contributed by atoms with van der Waals surface area (Å²) in [7, 11) is 0. The van der Waals surface area contributed by atoms with E-state index < -0.39 is 11.7 Å². The molecule has 0 spiro atoms. The van der Waals surface area contributed by atoms with E-state index in [9.17, 15) is 9.18 Å². The van der Waals surface area contributed by atoms with Gasteiger partial charge in [0.2, 0.25) is 0 Å². The summed E-state index contributed by atoms with van der Waals surface area (Å²) < 4.78 is 19.1. The minimum Gasteiger partial charge on any atom is -0.434 e. The average Bonchev–Trinajstić information content (AvgIpc) is 2.87. The number of rotatable bonds is 2. The molecule has 7 nitrogen and oxygen atoms in total. The van der Waals surface area contributed by atoms with Crippen molar-refractivity contribution in [2.24, 2.45) is 0 Å². The summed E-state index contributed by atoms with van der Waals surface area (Å²) in [5.74, 6) is 0.543. The van der Waals surface area contributed by atoms with Crippen molar-refractivity contribution in [1.82, 2.24) is 19.5 Å². The van der Waals surface area contributed by atoms with Gasteiger partial charge in [0, 0.05) is 6.07 Å². The molecule has 0 saturated carbocycles. The van der Waals surface area contributed by atoms with E-state index in [2.05, 4.69) is 15.0 Å². The van der Waals surface area contributed by atoms with Gasteiger partial charge in [-0.2, -0.15) is 9.37 Å². The van der Waals surface area contributed by atoms with Crippen LogP contribution < -0.4 is 11.4 Å². The van der Waals surface area contributed by atoms with Gasteiger partial charge in [-0.15, -0.1) is 0 Å². The highest BCUT2D eigenvalue weighted by molar-refractivity contribution is 5.81. The lowest BCUT2D eigenvalue weighted by Crippen LogP contribution is -2.14. The van der Waals surface area contributed by atoms with Crippen molar-refractivity contribution >= 4 is 17.0 Å². The van der Waals surface area contributed by atoms with Crippen molar-refractivity contribution in [3.8, 4) is 0 Å². The minimum atomic E-state index is -0.667. The lowest BCUT2D eigenvalue weighted by molar-refractivity contribution is 0.334. The number of nitrogen functional groups attached to an aromatic ring is 1. The van der Waals surface area contributed by atoms with E-state index in [4.69, 9.17) is 10.2 Å². The minimum absolute atomic E-state index is 0.148. The lowest BCUT2D eigenvalue weighted by atomic mass is 10.4. The van der Waals surface area contributed by atoms with Crippen molar-refractivity contribution in [2.45, 2.75) is 6.54 Å². The monoisotopic (exact) mass is 249 g/mol. The molecule has 0 amide bonds. The topological polar surface area (TPSA) is 103 Å². The van der Waals surface area contributed by atoms with E-state index in [1.807, 2.05) is 0 Å². The van der Waals surface area contributed by atoms with Crippen LogP contribution in [0.15, 0.2) is 27.7 Å². The highest BCUT2D eigenvalue weighted by Crippen LogP contribution is 2.15. The van der Waals surface area contributed by atoms with Crippen LogP contribution in [-0.2, 0) is 6.54 Å². The Balaban J connectivity index is 2.10. The number of aromatic nitrogens is 4. The number of halogens is 1. The van der Waals surface area contributed by atoms with Crippen LogP contribution in [-0.4, -0.2) is 19.5 Å². The van der Waals surface area contributed by atoms with Gasteiger partial charge in [-0.25, -0.2) is 9.78 Å². The number of nitrogens with two attached hydrogens (primary N) is 1. The summed E-state index contributed by atoms with van der Waals surface area (Å²) in [6.07, 6.45) is 1.46. The Morgan fingerprint density at radius 3 is 3.06 bits per heavy atom. The summed E-state index contributed by atoms with van der Waals surface area (Å²) in [5, 5.41) is 0. The molecule has 0 aliphatic carbocycles. The number of furan rings is 1. The lowest BCUT2D eigenvalue weighted by Gasteiger charge is -2.00. The van der Waals surface area contributed by atoms with E-state index in [0.29, 0.717) is 16.9 Å². The van der Waals surface area contributed by atoms with E-state index in [1.54, 1.807) is 4.57 Å². The first-order valence-corrected chi connectivity index (χ1v) is 5.08. The van der Waals surface area contributed by atoms with Crippen LogP contribution >= 0.6 is 0 Å². The fraction of sp³-hybridized carbons (Fsp3) is 0.100. The predicted octanol–water partition coefficient (Wildman–Crippen LogP) is 0.482. The number of nitrogens with zero attached hydrogens (tertiary/aromatic N) is 3. The number of H-pyrrole nitrogens is 1. The molecule has 3 N–H and O–H groups in total. The maximum atomic E-state index is 12.7. The quantitative estimate of drug-likeness (QED) is 0.687. The summed E-state index contributed by atoms with van der Waals surface area (Å²) in [5.41, 5.74) is 5.77. The van der Waals surface area contributed by atoms with E-state index >= 15 is 0 Å². The zero-order chi connectivity index (χ0) is 12.7. The number of hydrogen-bond acceptors (Lipinski definition) is 5. The third-order valence-corrected chi connectivity index (χ3v) is 2.47. The molecule has 0 unspecified atom stereocenters. The van der Waals surface area contributed by atoms with Gasteiger partial charge in [0.15, 0.2) is 5.65 Å². The first kappa shape index (κ1) is 10.5. The molecule has 0 atom stereocenters. The fourth-order valence-corrected chi connectivity index (χ4v) is 1.70. The van der Waals surface area contributed by atoms with Gasteiger partial charge >= 0.3 is 5.69 Å². The van der Waals surface area contributed by atoms with Gasteiger partial charge in [-0.1, -0.05) is 0 Å². The van der Waals surface area contributed by atoms with Crippen molar-refractivity contribution in [3.05, 3.63) is 40.7 Å². The van der Waals surface area contributed by atoms with Crippen molar-refractivity contribution in [1.29, 1.82) is 0 Å². The normalized spacial score (nSPS) is 11.2. The zero-order valence-corrected chi connectivity index (χ0v) is 9.05. The van der Waals surface area contributed by atoms with Crippen LogP contribution in [0.5, 0.6) is 0 Å². The van der Waals surface area contributed by atoms with Crippen LogP contribution in [0, 0.1) is 6.01 Å². The Kier molecular flexibility index (Phi) is 2.15. The fourth-order valence-electron chi connectivity index (χ4n) is 1.70. The second-order valence-electron chi connectivity index (χ2n) is 3.71. The molecule has 0 aromatic carbocycles. The summed E-state index contributed by atoms with van der Waals surface area (Å²) in [6, 6.07) is 2.04. The number of hydrogen-bond donors (Lipinski definition) is 2. The van der Waals surface area contributed by atoms with Gasteiger partial charge in [-0.05, 0) is 6.07 Å². The van der Waals surface area contributed by atoms with Gasteiger partial charge < -0.3 is 14.7 Å². The molecule has 92 valence electrons. The molecular weight excluding hydrogens is 241 g/mol. The summed E-state index contributed by atoms with van der Waals surface area (Å²) in [6.45, 7) is 0.219. The molecule has 8 heteroatoms. The summed E-state index contributed by atoms with van der Waals surface area (Å²) in [4.78, 5) is 21.4. The third-order valence-electron chi connectivity index (χ3n) is 2.47. The Hall–Kier alpha value is -2.64. The molecule has 0 fully saturated rings. The number of aromatic amines is 1. The second-order valence-corrected chi connectivity index (χ2v) is 3.71. The number of anilines is 1. The predicted molar refractivity (Wildman–Crippen MR) is 60.3 cm³/mol. The standard InChI is InChI=1S/C10H8FN5O2/c11-6-2-1-5(18-6)3-16-4-13-7-8(12)14-10(17)15-9(7)16/h1-2,4H,3H2,(H3,12,14,15,17). The first-order valence-electron chi connectivity index (χ1n) is 5.08. The van der Waals surface area contributed by atoms with E-state index in [0.717, 1.165) is 0 Å². The van der Waals surface area contributed by atoms with Gasteiger partial charge in [0.25, 0.3) is 6.01 Å². The Morgan fingerprint density at radius 1 is 1.50 bits per heavy atom. The van der Waals surface area contributed by atoms with Crippen LogP contribution in [0.1, 0.15) is 5.76 Å². The summed E-state index contributed by atoms with van der Waals surface area (Å²) >= 11 is 0. The first-order chi connectivity index (χ1) is 8.63. The SMILES string of the molecule is Nc1[nH]c(=O)nc2c1ncn2Cc1ccc(F)o1. The molecule has 0 aliphatic rings. The van der Waals surface area contributed by atoms with Gasteiger partial charge in [-0.3, -0.25) is 4.98 Å². The Bertz CT molecular complexity index is 772. The molecule has 3 aromatic rings. The van der Waals surface area contributed by atoms with Crippen LogP contribution in [0.2, 0.25) is 0 Å². The molecule has 0 bridgehead atoms. The molecule has 18 heavy (non-hydrogen) atoms. The van der Waals surface area contributed by atoms with Crippen molar-refractivity contribution < 1.29 is 8.81 Å². The van der Waals surface area contributed by atoms with E-state index in [-0.39, 0.29) is 12.4 Å². The second kappa shape index (κ2) is 3.69. The number of nitrogens with one attached hydrogen (secondary N) is 1. The van der Waals surface area contributed by atoms with Gasteiger partial charge in [0.1, 0.15) is 17.1 Å². The Morgan fingerprint density at radius 2 is 2.33 bits per heavy atom. The highest BCUT2D eigenvalue weighted by atomic mass is 19.1. The molecular formula is C10H8FN5O2. The maximum Gasteiger partial charge on any atom is 0.348 e. The molecule has 0 saturated heterocycles. The molecule has 3 aromatic heterocycles. The van der Waals surface area contributed by atoms with E-state index in [1.165, 1.54) is 18.5 Å². The van der Waals surface area contributed by atoms with Crippen molar-refractivity contribution in [2.75, 3.05) is 5.73 Å². The zero-order valence-electron chi connectivity index (χ0n) is 9.05. The van der Waals surface area contributed by atoms with Gasteiger partial charge in [0.05, 0.1) is 12.9 Å². The Labute approximate surface area is 99.1 Å². The molecule has 0 radical (unpaired) electrons. The largest absolute Gasteiger partial charge is 0.434 e.